The molecule has 1 aliphatic carbocycles. The third kappa shape index (κ3) is 2.38. The second kappa shape index (κ2) is 4.94. The van der Waals surface area contributed by atoms with E-state index in [9.17, 15) is 4.79 Å². The van der Waals surface area contributed by atoms with E-state index >= 15 is 0 Å². The van der Waals surface area contributed by atoms with Crippen molar-refractivity contribution < 1.29 is 9.90 Å². The fraction of sp³-hybridized carbons (Fsp3) is 0.533. The van der Waals surface area contributed by atoms with Crippen LogP contribution in [0.2, 0.25) is 0 Å². The van der Waals surface area contributed by atoms with Crippen LogP contribution in [0.25, 0.3) is 0 Å². The number of benzene rings is 1. The molecule has 1 amide bonds. The lowest BCUT2D eigenvalue weighted by molar-refractivity contribution is 0.0910. The molecule has 1 aromatic carbocycles. The van der Waals surface area contributed by atoms with E-state index in [2.05, 4.69) is 16.7 Å². The molecule has 0 radical (unpaired) electrons. The minimum atomic E-state index is -0.316. The van der Waals surface area contributed by atoms with E-state index in [0.29, 0.717) is 11.0 Å². The second-order valence-corrected chi connectivity index (χ2v) is 5.75. The smallest absolute Gasteiger partial charge is 0.253 e. The molecule has 0 bridgehead atoms. The van der Waals surface area contributed by atoms with Gasteiger partial charge in [-0.05, 0) is 60.9 Å². The van der Waals surface area contributed by atoms with Gasteiger partial charge in [0.2, 0.25) is 0 Å². The average Bonchev–Trinajstić information content (AvgIpc) is 2.86. The Morgan fingerprint density at radius 1 is 1.37 bits per heavy atom. The van der Waals surface area contributed by atoms with E-state index in [4.69, 9.17) is 5.11 Å². The zero-order chi connectivity index (χ0) is 13.3. The highest BCUT2D eigenvalue weighted by Gasteiger charge is 2.36. The van der Waals surface area contributed by atoms with Crippen LogP contribution in [-0.2, 0) is 12.8 Å². The first kappa shape index (κ1) is 12.6. The number of aliphatic hydroxyl groups is 1. The van der Waals surface area contributed by atoms with Gasteiger partial charge in [0.1, 0.15) is 6.73 Å². The molecule has 1 aliphatic heterocycles. The number of carbonyl (C=O) groups excluding carboxylic acids is 1. The maximum atomic E-state index is 11.8. The van der Waals surface area contributed by atoms with Crippen molar-refractivity contribution >= 4 is 5.91 Å². The summed E-state index contributed by atoms with van der Waals surface area (Å²) in [6.45, 7) is 1.89. The fourth-order valence-corrected chi connectivity index (χ4v) is 3.40. The summed E-state index contributed by atoms with van der Waals surface area (Å²) in [6.07, 6.45) is 4.66. The molecule has 2 aliphatic rings. The van der Waals surface area contributed by atoms with Gasteiger partial charge in [0, 0.05) is 12.1 Å². The molecule has 0 saturated carbocycles. The Hall–Kier alpha value is -1.39. The Labute approximate surface area is 113 Å². The zero-order valence-corrected chi connectivity index (χ0v) is 11.0. The minimum Gasteiger partial charge on any atom is -0.376 e. The van der Waals surface area contributed by atoms with Crippen molar-refractivity contribution in [1.82, 2.24) is 10.6 Å². The summed E-state index contributed by atoms with van der Waals surface area (Å²) in [7, 11) is 0. The Morgan fingerprint density at radius 3 is 3.00 bits per heavy atom. The Morgan fingerprint density at radius 2 is 2.26 bits per heavy atom. The standard InChI is InChI=1S/C15H20N2O2/c18-10-17-14(19)12-2-1-11-3-4-15(5-6-16-9-15)8-13(11)7-12/h1-2,7,16,18H,3-6,8-10H2,(H,17,19)/t15-/m0/s1. The first-order valence-electron chi connectivity index (χ1n) is 6.94. The number of amides is 1. The summed E-state index contributed by atoms with van der Waals surface area (Å²) in [5.74, 6) is -0.200. The second-order valence-electron chi connectivity index (χ2n) is 5.75. The number of nitrogens with one attached hydrogen (secondary N) is 2. The summed E-state index contributed by atoms with van der Waals surface area (Å²) in [6, 6.07) is 5.92. The summed E-state index contributed by atoms with van der Waals surface area (Å²) in [4.78, 5) is 11.8. The van der Waals surface area contributed by atoms with Crippen molar-refractivity contribution in [2.75, 3.05) is 19.8 Å². The average molecular weight is 260 g/mol. The lowest BCUT2D eigenvalue weighted by atomic mass is 9.71. The maximum Gasteiger partial charge on any atom is 0.253 e. The van der Waals surface area contributed by atoms with Crippen LogP contribution in [-0.4, -0.2) is 30.8 Å². The summed E-state index contributed by atoms with van der Waals surface area (Å²) < 4.78 is 0. The van der Waals surface area contributed by atoms with Crippen molar-refractivity contribution in [2.24, 2.45) is 5.41 Å². The van der Waals surface area contributed by atoms with Crippen molar-refractivity contribution in [1.29, 1.82) is 0 Å². The number of aryl methyl sites for hydroxylation is 1. The SMILES string of the molecule is O=C(NCO)c1ccc2c(c1)C[C@@]1(CCNC1)CC2. The maximum absolute atomic E-state index is 11.8. The van der Waals surface area contributed by atoms with Gasteiger partial charge in [-0.25, -0.2) is 0 Å². The lowest BCUT2D eigenvalue weighted by Crippen LogP contribution is -2.31. The number of rotatable bonds is 2. The van der Waals surface area contributed by atoms with Gasteiger partial charge < -0.3 is 15.7 Å². The van der Waals surface area contributed by atoms with E-state index in [1.54, 1.807) is 0 Å². The molecule has 0 unspecified atom stereocenters. The predicted molar refractivity (Wildman–Crippen MR) is 72.9 cm³/mol. The van der Waals surface area contributed by atoms with E-state index in [1.165, 1.54) is 24.0 Å². The molecule has 0 aromatic heterocycles. The number of hydrogen-bond acceptors (Lipinski definition) is 3. The molecule has 1 spiro atoms. The molecule has 1 heterocycles. The molecule has 3 N–H and O–H groups in total. The van der Waals surface area contributed by atoms with Gasteiger partial charge in [-0.3, -0.25) is 4.79 Å². The monoisotopic (exact) mass is 260 g/mol. The van der Waals surface area contributed by atoms with Crippen molar-refractivity contribution in [3.63, 3.8) is 0 Å². The van der Waals surface area contributed by atoms with Crippen LogP contribution in [0.4, 0.5) is 0 Å². The van der Waals surface area contributed by atoms with Gasteiger partial charge in [-0.1, -0.05) is 6.07 Å². The van der Waals surface area contributed by atoms with Crippen LogP contribution in [0.5, 0.6) is 0 Å². The molecular formula is C15H20N2O2. The first-order valence-corrected chi connectivity index (χ1v) is 6.94. The lowest BCUT2D eigenvalue weighted by Gasteiger charge is -2.34. The highest BCUT2D eigenvalue weighted by molar-refractivity contribution is 5.94. The summed E-state index contributed by atoms with van der Waals surface area (Å²) >= 11 is 0. The molecule has 1 saturated heterocycles. The number of carbonyl (C=O) groups is 1. The third-order valence-electron chi connectivity index (χ3n) is 4.53. The molecule has 1 fully saturated rings. The fourth-order valence-electron chi connectivity index (χ4n) is 3.40. The van der Waals surface area contributed by atoms with Crippen LogP contribution in [0.1, 0.15) is 34.3 Å². The van der Waals surface area contributed by atoms with Gasteiger partial charge in [-0.2, -0.15) is 0 Å². The van der Waals surface area contributed by atoms with Gasteiger partial charge in [0.25, 0.3) is 5.91 Å². The van der Waals surface area contributed by atoms with E-state index in [0.717, 1.165) is 25.9 Å². The van der Waals surface area contributed by atoms with Crippen molar-refractivity contribution in [2.45, 2.75) is 25.7 Å². The minimum absolute atomic E-state index is 0.200. The Bertz CT molecular complexity index is 493. The normalized spacial score (nSPS) is 25.3. The summed E-state index contributed by atoms with van der Waals surface area (Å²) in [5, 5.41) is 14.7. The van der Waals surface area contributed by atoms with Crippen LogP contribution in [0, 0.1) is 5.41 Å². The quantitative estimate of drug-likeness (QED) is 0.690. The largest absolute Gasteiger partial charge is 0.376 e. The molecule has 1 atom stereocenters. The van der Waals surface area contributed by atoms with Crippen LogP contribution < -0.4 is 10.6 Å². The molecule has 3 rings (SSSR count). The molecular weight excluding hydrogens is 240 g/mol. The van der Waals surface area contributed by atoms with Crippen molar-refractivity contribution in [3.8, 4) is 0 Å². The first-order chi connectivity index (χ1) is 9.22. The molecule has 4 heteroatoms. The van der Waals surface area contributed by atoms with Crippen molar-refractivity contribution in [3.05, 3.63) is 34.9 Å². The summed E-state index contributed by atoms with van der Waals surface area (Å²) in [5.41, 5.74) is 3.73. The van der Waals surface area contributed by atoms with Crippen LogP contribution >= 0.6 is 0 Å². The Kier molecular flexibility index (Phi) is 3.29. The molecule has 4 nitrogen and oxygen atoms in total. The van der Waals surface area contributed by atoms with E-state index < -0.39 is 0 Å². The van der Waals surface area contributed by atoms with Crippen LogP contribution in [0.15, 0.2) is 18.2 Å². The predicted octanol–water partition coefficient (Wildman–Crippen LogP) is 0.835. The number of aliphatic hydroxyl groups excluding tert-OH is 1. The highest BCUT2D eigenvalue weighted by atomic mass is 16.3. The topological polar surface area (TPSA) is 61.4 Å². The zero-order valence-electron chi connectivity index (χ0n) is 11.0. The van der Waals surface area contributed by atoms with Gasteiger partial charge in [0.05, 0.1) is 0 Å². The number of hydrogen-bond donors (Lipinski definition) is 3. The highest BCUT2D eigenvalue weighted by Crippen LogP contribution is 2.40. The van der Waals surface area contributed by atoms with E-state index in [-0.39, 0.29) is 12.6 Å². The van der Waals surface area contributed by atoms with E-state index in [1.807, 2.05) is 12.1 Å². The third-order valence-corrected chi connectivity index (χ3v) is 4.53. The molecule has 102 valence electrons. The van der Waals surface area contributed by atoms with Gasteiger partial charge in [-0.15, -0.1) is 0 Å². The number of fused-ring (bicyclic) bond motifs is 1. The van der Waals surface area contributed by atoms with Gasteiger partial charge in [0.15, 0.2) is 0 Å². The molecule has 19 heavy (non-hydrogen) atoms. The molecule has 1 aromatic rings. The van der Waals surface area contributed by atoms with Crippen LogP contribution in [0.3, 0.4) is 0 Å². The van der Waals surface area contributed by atoms with Gasteiger partial charge >= 0.3 is 0 Å². The Balaban J connectivity index is 1.85.